The van der Waals surface area contributed by atoms with E-state index in [0.29, 0.717) is 0 Å². The van der Waals surface area contributed by atoms with Gasteiger partial charge in [-0.05, 0) is 49.4 Å². The fourth-order valence-electron chi connectivity index (χ4n) is 3.67. The predicted molar refractivity (Wildman–Crippen MR) is 98.7 cm³/mol. The molecule has 2 aromatic rings. The average Bonchev–Trinajstić information content (AvgIpc) is 3.07. The molecule has 122 valence electrons. The zero-order valence-corrected chi connectivity index (χ0v) is 13.7. The van der Waals surface area contributed by atoms with Crippen molar-refractivity contribution in [3.8, 4) is 0 Å². The van der Waals surface area contributed by atoms with Gasteiger partial charge in [0.05, 0.1) is 11.4 Å². The maximum atomic E-state index is 12.6. The van der Waals surface area contributed by atoms with Crippen LogP contribution in [0.25, 0.3) is 0 Å². The molecule has 1 atom stereocenters. The summed E-state index contributed by atoms with van der Waals surface area (Å²) >= 11 is 0. The van der Waals surface area contributed by atoms with Crippen LogP contribution in [-0.4, -0.2) is 12.5 Å². The van der Waals surface area contributed by atoms with Gasteiger partial charge in [0, 0.05) is 18.2 Å². The zero-order valence-electron chi connectivity index (χ0n) is 13.7. The number of carbonyl (C=O) groups is 1. The van der Waals surface area contributed by atoms with Gasteiger partial charge >= 0.3 is 0 Å². The Hall–Kier alpha value is -2.55. The zero-order chi connectivity index (χ0) is 16.4. The molecular formula is C21H22N2O. The van der Waals surface area contributed by atoms with Crippen molar-refractivity contribution >= 4 is 23.0 Å². The summed E-state index contributed by atoms with van der Waals surface area (Å²) in [5.74, 6) is 0.230. The molecule has 1 aliphatic carbocycles. The second-order valence-electron chi connectivity index (χ2n) is 6.52. The van der Waals surface area contributed by atoms with Gasteiger partial charge in [0.15, 0.2) is 0 Å². The minimum atomic E-state index is 0.0916. The number of benzene rings is 2. The highest BCUT2D eigenvalue weighted by atomic mass is 16.1. The maximum Gasteiger partial charge on any atom is 0.227 e. The number of allylic oxidation sites excluding steroid dienone is 2. The van der Waals surface area contributed by atoms with Gasteiger partial charge in [0.1, 0.15) is 0 Å². The summed E-state index contributed by atoms with van der Waals surface area (Å²) in [7, 11) is 0. The van der Waals surface area contributed by atoms with Crippen LogP contribution in [0.2, 0.25) is 0 Å². The lowest BCUT2D eigenvalue weighted by atomic mass is 9.93. The lowest BCUT2D eigenvalue weighted by molar-refractivity contribution is -0.120. The number of nitrogens with one attached hydrogen (secondary N) is 1. The van der Waals surface area contributed by atoms with Gasteiger partial charge in [0.25, 0.3) is 0 Å². The molecule has 3 nitrogen and oxygen atoms in total. The smallest absolute Gasteiger partial charge is 0.227 e. The summed E-state index contributed by atoms with van der Waals surface area (Å²) in [4.78, 5) is 14.9. The number of amides is 1. The van der Waals surface area contributed by atoms with E-state index in [1.807, 2.05) is 18.2 Å². The van der Waals surface area contributed by atoms with Gasteiger partial charge in [-0.25, -0.2) is 0 Å². The average molecular weight is 318 g/mol. The van der Waals surface area contributed by atoms with Gasteiger partial charge in [-0.3, -0.25) is 4.79 Å². The van der Waals surface area contributed by atoms with E-state index < -0.39 is 0 Å². The first-order chi connectivity index (χ1) is 11.8. The number of anilines is 3. The molecule has 3 heteroatoms. The van der Waals surface area contributed by atoms with Crippen LogP contribution >= 0.6 is 0 Å². The fraction of sp³-hybridized carbons (Fsp3) is 0.286. The highest BCUT2D eigenvalue weighted by Crippen LogP contribution is 2.38. The van der Waals surface area contributed by atoms with E-state index in [1.165, 1.54) is 11.3 Å². The number of rotatable bonds is 3. The second-order valence-corrected chi connectivity index (χ2v) is 6.52. The molecule has 2 aliphatic rings. The third kappa shape index (κ3) is 2.82. The van der Waals surface area contributed by atoms with Crippen molar-refractivity contribution in [2.24, 2.45) is 5.92 Å². The molecule has 1 unspecified atom stereocenters. The Kier molecular flexibility index (Phi) is 4.08. The predicted octanol–water partition coefficient (Wildman–Crippen LogP) is 4.68. The van der Waals surface area contributed by atoms with Crippen molar-refractivity contribution in [2.75, 3.05) is 16.8 Å². The van der Waals surface area contributed by atoms with Crippen molar-refractivity contribution in [3.05, 3.63) is 66.2 Å². The molecule has 0 aromatic heterocycles. The maximum absolute atomic E-state index is 12.6. The van der Waals surface area contributed by atoms with Crippen molar-refractivity contribution in [3.63, 3.8) is 0 Å². The van der Waals surface area contributed by atoms with Crippen LogP contribution < -0.4 is 10.2 Å². The van der Waals surface area contributed by atoms with E-state index in [2.05, 4.69) is 52.7 Å². The minimum Gasteiger partial charge on any atom is -0.339 e. The molecule has 1 aliphatic heterocycles. The summed E-state index contributed by atoms with van der Waals surface area (Å²) in [6.07, 6.45) is 8.12. The van der Waals surface area contributed by atoms with Gasteiger partial charge in [-0.1, -0.05) is 42.5 Å². The number of fused-ring (bicyclic) bond motifs is 1. The topological polar surface area (TPSA) is 32.3 Å². The molecule has 0 saturated heterocycles. The number of hydrogen-bond donors (Lipinski definition) is 1. The Morgan fingerprint density at radius 3 is 2.62 bits per heavy atom. The third-order valence-electron chi connectivity index (χ3n) is 4.98. The molecule has 0 fully saturated rings. The number of hydrogen-bond acceptors (Lipinski definition) is 2. The van der Waals surface area contributed by atoms with Crippen LogP contribution in [-0.2, 0) is 11.2 Å². The number of carbonyl (C=O) groups excluding carboxylic acids is 1. The molecule has 1 N–H and O–H groups in total. The summed E-state index contributed by atoms with van der Waals surface area (Å²) < 4.78 is 0. The SMILES string of the molecule is O=C(Nc1ccccc1N1CCc2ccccc21)C1CC=CCC1. The monoisotopic (exact) mass is 318 g/mol. The standard InChI is InChI=1S/C21H22N2O/c24-21(17-9-2-1-3-10-17)22-18-11-5-7-13-20(18)23-15-14-16-8-4-6-12-19(16)23/h1-2,4-8,11-13,17H,3,9-10,14-15H2,(H,22,24). The first-order valence-electron chi connectivity index (χ1n) is 8.73. The third-order valence-corrected chi connectivity index (χ3v) is 4.98. The van der Waals surface area contributed by atoms with Crippen LogP contribution in [0.3, 0.4) is 0 Å². The van der Waals surface area contributed by atoms with E-state index in [1.54, 1.807) is 0 Å². The highest BCUT2D eigenvalue weighted by molar-refractivity contribution is 5.97. The Bertz CT molecular complexity index is 781. The number of para-hydroxylation sites is 3. The first-order valence-corrected chi connectivity index (χ1v) is 8.73. The van der Waals surface area contributed by atoms with Gasteiger partial charge in [-0.2, -0.15) is 0 Å². The molecule has 1 heterocycles. The van der Waals surface area contributed by atoms with Gasteiger partial charge in [0.2, 0.25) is 5.91 Å². The molecule has 2 aromatic carbocycles. The van der Waals surface area contributed by atoms with Gasteiger partial charge < -0.3 is 10.2 Å². The van der Waals surface area contributed by atoms with Crippen molar-refractivity contribution < 1.29 is 4.79 Å². The van der Waals surface area contributed by atoms with Crippen LogP contribution in [0, 0.1) is 5.92 Å². The summed E-state index contributed by atoms with van der Waals surface area (Å²) in [6, 6.07) is 16.6. The van der Waals surface area contributed by atoms with E-state index in [4.69, 9.17) is 0 Å². The first kappa shape index (κ1) is 15.0. The van der Waals surface area contributed by atoms with Crippen molar-refractivity contribution in [1.29, 1.82) is 0 Å². The minimum absolute atomic E-state index is 0.0916. The van der Waals surface area contributed by atoms with Crippen LogP contribution in [0.5, 0.6) is 0 Å². The molecule has 4 rings (SSSR count). The molecule has 0 spiro atoms. The van der Waals surface area contributed by atoms with E-state index in [9.17, 15) is 4.79 Å². The molecule has 1 amide bonds. The molecule has 24 heavy (non-hydrogen) atoms. The fourth-order valence-corrected chi connectivity index (χ4v) is 3.67. The summed E-state index contributed by atoms with van der Waals surface area (Å²) in [5, 5.41) is 3.17. The normalized spacial score (nSPS) is 19.2. The molecule has 0 saturated carbocycles. The molecule has 0 radical (unpaired) electrons. The lowest BCUT2D eigenvalue weighted by Crippen LogP contribution is -2.25. The summed E-state index contributed by atoms with van der Waals surface area (Å²) in [6.45, 7) is 0.957. The van der Waals surface area contributed by atoms with E-state index >= 15 is 0 Å². The largest absolute Gasteiger partial charge is 0.339 e. The van der Waals surface area contributed by atoms with Crippen molar-refractivity contribution in [1.82, 2.24) is 0 Å². The van der Waals surface area contributed by atoms with E-state index in [-0.39, 0.29) is 11.8 Å². The Morgan fingerprint density at radius 1 is 1.00 bits per heavy atom. The van der Waals surface area contributed by atoms with Gasteiger partial charge in [-0.15, -0.1) is 0 Å². The lowest BCUT2D eigenvalue weighted by Gasteiger charge is -2.24. The quantitative estimate of drug-likeness (QED) is 0.834. The molecular weight excluding hydrogens is 296 g/mol. The molecule has 0 bridgehead atoms. The second kappa shape index (κ2) is 6.52. The Labute approximate surface area is 143 Å². The Morgan fingerprint density at radius 2 is 1.79 bits per heavy atom. The van der Waals surface area contributed by atoms with Crippen molar-refractivity contribution in [2.45, 2.75) is 25.7 Å². The van der Waals surface area contributed by atoms with Crippen LogP contribution in [0.4, 0.5) is 17.1 Å². The highest BCUT2D eigenvalue weighted by Gasteiger charge is 2.24. The van der Waals surface area contributed by atoms with E-state index in [0.717, 1.165) is 43.6 Å². The Balaban J connectivity index is 1.60. The van der Waals surface area contributed by atoms with Crippen LogP contribution in [0.1, 0.15) is 24.8 Å². The number of nitrogens with zero attached hydrogens (tertiary/aromatic N) is 1. The van der Waals surface area contributed by atoms with Crippen LogP contribution in [0.15, 0.2) is 60.7 Å². The summed E-state index contributed by atoms with van der Waals surface area (Å²) in [5.41, 5.74) is 4.62.